The van der Waals surface area contributed by atoms with Crippen LogP contribution in [0.4, 0.5) is 0 Å². The second-order valence-electron chi connectivity index (χ2n) is 4.84. The third-order valence-electron chi connectivity index (χ3n) is 3.05. The number of sulfonamides is 1. The summed E-state index contributed by atoms with van der Waals surface area (Å²) in [6.45, 7) is 1.81. The Morgan fingerprint density at radius 3 is 2.05 bits per heavy atom. The molecule has 2 aromatic carbocycles. The second-order valence-corrected chi connectivity index (χ2v) is 8.25. The molecule has 0 aliphatic heterocycles. The van der Waals surface area contributed by atoms with E-state index in [1.807, 2.05) is 6.92 Å². The van der Waals surface area contributed by atoms with Crippen molar-refractivity contribution in [3.8, 4) is 0 Å². The summed E-state index contributed by atoms with van der Waals surface area (Å²) in [5.74, 6) is -1.62. The molecule has 1 unspecified atom stereocenters. The van der Waals surface area contributed by atoms with Gasteiger partial charge in [-0.3, -0.25) is 4.57 Å². The number of aryl methyl sites for hydroxylation is 1. The summed E-state index contributed by atoms with van der Waals surface area (Å²) in [6.07, 6.45) is 0. The van der Waals surface area contributed by atoms with Gasteiger partial charge in [-0.1, -0.05) is 48.0 Å². The molecule has 0 aliphatic carbocycles. The van der Waals surface area contributed by atoms with Gasteiger partial charge in [-0.25, -0.2) is 8.42 Å². The zero-order valence-electron chi connectivity index (χ0n) is 11.7. The summed E-state index contributed by atoms with van der Waals surface area (Å²) in [6, 6.07) is 13.8. The largest absolute Gasteiger partial charge is 0.347 e. The zero-order valence-corrected chi connectivity index (χ0v) is 13.5. The van der Waals surface area contributed by atoms with Gasteiger partial charge >= 0.3 is 7.60 Å². The molecule has 0 amide bonds. The Balaban J connectivity index is 2.39. The van der Waals surface area contributed by atoms with Crippen molar-refractivity contribution < 1.29 is 22.8 Å². The molecule has 3 N–H and O–H groups in total. The van der Waals surface area contributed by atoms with Crippen molar-refractivity contribution >= 4 is 17.6 Å². The molecule has 0 aromatic heterocycles. The van der Waals surface area contributed by atoms with Gasteiger partial charge in [-0.05, 0) is 24.6 Å². The van der Waals surface area contributed by atoms with Gasteiger partial charge in [-0.2, -0.15) is 4.72 Å². The fourth-order valence-corrected chi connectivity index (χ4v) is 4.49. The second kappa shape index (κ2) is 6.32. The highest BCUT2D eigenvalue weighted by Gasteiger charge is 2.34. The summed E-state index contributed by atoms with van der Waals surface area (Å²) >= 11 is 0. The first-order valence-electron chi connectivity index (χ1n) is 6.39. The predicted octanol–water partition coefficient (Wildman–Crippen LogP) is 2.15. The van der Waals surface area contributed by atoms with Gasteiger partial charge in [0.1, 0.15) is 5.78 Å². The lowest BCUT2D eigenvalue weighted by Crippen LogP contribution is -2.28. The van der Waals surface area contributed by atoms with E-state index in [1.54, 1.807) is 30.3 Å². The highest BCUT2D eigenvalue weighted by Crippen LogP contribution is 2.50. The lowest BCUT2D eigenvalue weighted by Gasteiger charge is -2.20. The summed E-state index contributed by atoms with van der Waals surface area (Å²) in [4.78, 5) is 18.9. The van der Waals surface area contributed by atoms with Gasteiger partial charge in [0.2, 0.25) is 10.0 Å². The van der Waals surface area contributed by atoms with E-state index in [9.17, 15) is 22.8 Å². The van der Waals surface area contributed by atoms with Crippen molar-refractivity contribution in [2.24, 2.45) is 0 Å². The number of hydrogen-bond acceptors (Lipinski definition) is 3. The molecule has 22 heavy (non-hydrogen) atoms. The average molecular weight is 341 g/mol. The first kappa shape index (κ1) is 16.9. The van der Waals surface area contributed by atoms with Gasteiger partial charge in [-0.15, -0.1) is 0 Å². The van der Waals surface area contributed by atoms with E-state index in [0.717, 1.165) is 5.56 Å². The molecule has 0 heterocycles. The first-order chi connectivity index (χ1) is 10.2. The van der Waals surface area contributed by atoms with Crippen LogP contribution in [-0.2, 0) is 14.6 Å². The minimum Gasteiger partial charge on any atom is -0.323 e. The average Bonchev–Trinajstić information content (AvgIpc) is 2.45. The minimum atomic E-state index is -4.71. The topological polar surface area (TPSA) is 104 Å². The lowest BCUT2D eigenvalue weighted by molar-refractivity contribution is 0.355. The van der Waals surface area contributed by atoms with Gasteiger partial charge in [0.05, 0.1) is 4.90 Å². The molecule has 0 spiro atoms. The summed E-state index contributed by atoms with van der Waals surface area (Å²) in [7, 11) is -8.76. The maximum atomic E-state index is 12.3. The molecule has 8 heteroatoms. The zero-order chi connectivity index (χ0) is 16.4. The summed E-state index contributed by atoms with van der Waals surface area (Å²) in [5, 5.41) is 0. The van der Waals surface area contributed by atoms with Crippen LogP contribution in [0.15, 0.2) is 59.5 Å². The third-order valence-corrected chi connectivity index (χ3v) is 5.76. The molecule has 0 aliphatic rings. The normalized spacial score (nSPS) is 13.8. The van der Waals surface area contributed by atoms with Crippen LogP contribution in [0.1, 0.15) is 16.9 Å². The van der Waals surface area contributed by atoms with E-state index in [0.29, 0.717) is 0 Å². The van der Waals surface area contributed by atoms with Crippen LogP contribution in [0.25, 0.3) is 0 Å². The van der Waals surface area contributed by atoms with Crippen molar-refractivity contribution in [3.63, 3.8) is 0 Å². The Bertz CT molecular complexity index is 784. The van der Waals surface area contributed by atoms with Crippen molar-refractivity contribution in [1.82, 2.24) is 4.72 Å². The van der Waals surface area contributed by atoms with Crippen LogP contribution in [0, 0.1) is 6.92 Å². The van der Waals surface area contributed by atoms with E-state index in [-0.39, 0.29) is 10.5 Å². The van der Waals surface area contributed by atoms with Crippen LogP contribution in [0.3, 0.4) is 0 Å². The van der Waals surface area contributed by atoms with Gasteiger partial charge in [0.15, 0.2) is 0 Å². The molecule has 0 fully saturated rings. The molecule has 2 rings (SSSR count). The third kappa shape index (κ3) is 4.03. The van der Waals surface area contributed by atoms with Crippen LogP contribution in [0.5, 0.6) is 0 Å². The molecule has 1 atom stereocenters. The van der Waals surface area contributed by atoms with E-state index in [2.05, 4.69) is 4.72 Å². The summed E-state index contributed by atoms with van der Waals surface area (Å²) in [5.41, 5.74) is 1.08. The predicted molar refractivity (Wildman–Crippen MR) is 82.7 cm³/mol. The van der Waals surface area contributed by atoms with E-state index < -0.39 is 23.4 Å². The SMILES string of the molecule is Cc1ccc(S(=O)(=O)NC(c2ccccc2)P(=O)(O)O)cc1. The van der Waals surface area contributed by atoms with Crippen molar-refractivity contribution in [1.29, 1.82) is 0 Å². The number of rotatable bonds is 5. The van der Waals surface area contributed by atoms with Crippen LogP contribution in [-0.4, -0.2) is 18.2 Å². The van der Waals surface area contributed by atoms with Crippen LogP contribution in [0.2, 0.25) is 0 Å². The first-order valence-corrected chi connectivity index (χ1v) is 9.56. The molecular weight excluding hydrogens is 325 g/mol. The number of benzene rings is 2. The fourth-order valence-electron chi connectivity index (χ4n) is 1.90. The molecule has 0 saturated carbocycles. The Morgan fingerprint density at radius 2 is 1.55 bits per heavy atom. The number of hydrogen-bond donors (Lipinski definition) is 3. The molecule has 118 valence electrons. The quantitative estimate of drug-likeness (QED) is 0.723. The van der Waals surface area contributed by atoms with Crippen LogP contribution < -0.4 is 4.72 Å². The summed E-state index contributed by atoms with van der Waals surface area (Å²) < 4.78 is 38.4. The van der Waals surface area contributed by atoms with Crippen LogP contribution >= 0.6 is 7.60 Å². The Morgan fingerprint density at radius 1 is 1.00 bits per heavy atom. The van der Waals surface area contributed by atoms with Gasteiger partial charge < -0.3 is 9.79 Å². The highest BCUT2D eigenvalue weighted by molar-refractivity contribution is 7.89. The smallest absolute Gasteiger partial charge is 0.323 e. The standard InChI is InChI=1S/C14H16NO5PS/c1-11-7-9-13(10-8-11)22(19,20)15-14(21(16,17)18)12-5-3-2-4-6-12/h2-10,14-15H,1H3,(H2,16,17,18). The van der Waals surface area contributed by atoms with Crippen molar-refractivity contribution in [3.05, 3.63) is 65.7 Å². The van der Waals surface area contributed by atoms with E-state index >= 15 is 0 Å². The van der Waals surface area contributed by atoms with Crippen molar-refractivity contribution in [2.45, 2.75) is 17.6 Å². The van der Waals surface area contributed by atoms with E-state index in [1.165, 1.54) is 24.3 Å². The Labute approximate surface area is 129 Å². The monoisotopic (exact) mass is 341 g/mol. The fraction of sp³-hybridized carbons (Fsp3) is 0.143. The Hall–Kier alpha value is -1.50. The maximum Gasteiger partial charge on any atom is 0.347 e. The van der Waals surface area contributed by atoms with Gasteiger partial charge in [0, 0.05) is 0 Å². The molecule has 6 nitrogen and oxygen atoms in total. The lowest BCUT2D eigenvalue weighted by atomic mass is 10.2. The maximum absolute atomic E-state index is 12.3. The highest BCUT2D eigenvalue weighted by atomic mass is 32.2. The molecule has 0 radical (unpaired) electrons. The molecular formula is C14H16NO5PS. The van der Waals surface area contributed by atoms with Crippen molar-refractivity contribution in [2.75, 3.05) is 0 Å². The molecule has 2 aromatic rings. The minimum absolute atomic E-state index is 0.0486. The van der Waals surface area contributed by atoms with Gasteiger partial charge in [0.25, 0.3) is 0 Å². The van der Waals surface area contributed by atoms with E-state index in [4.69, 9.17) is 0 Å². The molecule has 0 bridgehead atoms. The Kier molecular flexibility index (Phi) is 4.84. The number of nitrogens with one attached hydrogen (secondary N) is 1. The molecule has 0 saturated heterocycles.